The van der Waals surface area contributed by atoms with Gasteiger partial charge < -0.3 is 20.2 Å². The predicted octanol–water partition coefficient (Wildman–Crippen LogP) is -0.439. The minimum atomic E-state index is -4.70. The number of phenols is 1. The van der Waals surface area contributed by atoms with Crippen LogP contribution in [0, 0.1) is 6.92 Å². The summed E-state index contributed by atoms with van der Waals surface area (Å²) in [6.45, 7) is 2.00. The van der Waals surface area contributed by atoms with E-state index < -0.39 is 32.3 Å². The molecule has 0 spiro atoms. The summed E-state index contributed by atoms with van der Waals surface area (Å²) in [5, 5.41) is 17.5. The van der Waals surface area contributed by atoms with Crippen molar-refractivity contribution < 1.29 is 38.4 Å². The highest BCUT2D eigenvalue weighted by molar-refractivity contribution is 7.85. The van der Waals surface area contributed by atoms with Crippen molar-refractivity contribution in [3.05, 3.63) is 47.7 Å². The Kier molecular flexibility index (Phi) is 7.13. The van der Waals surface area contributed by atoms with Crippen LogP contribution in [-0.2, 0) is 10.1 Å². The van der Waals surface area contributed by atoms with Crippen molar-refractivity contribution in [3.8, 4) is 5.75 Å². The number of rotatable bonds is 2. The lowest BCUT2D eigenvalue weighted by Crippen LogP contribution is -2.08. The van der Waals surface area contributed by atoms with Gasteiger partial charge in [0, 0.05) is 6.07 Å². The number of H-pyrrole nitrogens is 1. The van der Waals surface area contributed by atoms with Crippen LogP contribution in [0.3, 0.4) is 0 Å². The fourth-order valence-corrected chi connectivity index (χ4v) is 1.94. The molecule has 0 saturated carbocycles. The number of nitrogens with one attached hydrogen (secondary N) is 1. The number of aryl methyl sites for hydroxylation is 1. The van der Waals surface area contributed by atoms with Gasteiger partial charge in [0.2, 0.25) is 0 Å². The zero-order valence-electron chi connectivity index (χ0n) is 12.0. The molecule has 10 heteroatoms. The number of nitrogens with two attached hydrogens (primary N) is 1. The highest BCUT2D eigenvalue weighted by Gasteiger charge is 2.12. The lowest BCUT2D eigenvalue weighted by atomic mass is 10.2. The van der Waals surface area contributed by atoms with Crippen LogP contribution in [0.5, 0.6) is 5.75 Å². The van der Waals surface area contributed by atoms with E-state index in [2.05, 4.69) is 4.98 Å². The number of aromatic nitrogens is 1. The normalized spacial score (nSPS) is 10.0. The van der Waals surface area contributed by atoms with Gasteiger partial charge in [-0.3, -0.25) is 5.73 Å². The molecule has 0 radical (unpaired) electrons. The van der Waals surface area contributed by atoms with E-state index in [9.17, 15) is 17.8 Å². The fraction of sp³-hybridized carbons (Fsp3) is 0.0769. The second kappa shape index (κ2) is 8.08. The van der Waals surface area contributed by atoms with Crippen molar-refractivity contribution in [2.75, 3.05) is 5.73 Å². The minimum Gasteiger partial charge on any atom is -0.744 e. The zero-order chi connectivity index (χ0) is 16.9. The van der Waals surface area contributed by atoms with Gasteiger partial charge in [-0.05, 0) is 36.8 Å². The number of hydrogen-bond acceptors (Lipinski definition) is 6. The van der Waals surface area contributed by atoms with Gasteiger partial charge in [0.1, 0.15) is 21.4 Å². The molecule has 23 heavy (non-hydrogen) atoms. The minimum absolute atomic E-state index is 0. The van der Waals surface area contributed by atoms with Crippen molar-refractivity contribution in [3.63, 3.8) is 0 Å². The van der Waals surface area contributed by atoms with Gasteiger partial charge in [0.05, 0.1) is 11.1 Å². The molecule has 0 bridgehead atoms. The zero-order valence-corrected chi connectivity index (χ0v) is 12.8. The Balaban J connectivity index is 0.000000460. The topological polar surface area (TPSA) is 186 Å². The Morgan fingerprint density at radius 1 is 1.26 bits per heavy atom. The molecule has 0 fully saturated rings. The number of aromatic hydroxyl groups is 1. The van der Waals surface area contributed by atoms with Gasteiger partial charge in [0.15, 0.2) is 0 Å². The lowest BCUT2D eigenvalue weighted by molar-refractivity contribution is -0.360. The van der Waals surface area contributed by atoms with Crippen molar-refractivity contribution in [1.29, 1.82) is 0 Å². The Bertz CT molecular complexity index is 773. The number of carboxylic acid groups (broad SMARTS) is 1. The van der Waals surface area contributed by atoms with E-state index in [1.165, 1.54) is 5.56 Å². The number of hydrogen-bond donors (Lipinski definition) is 3. The van der Waals surface area contributed by atoms with E-state index >= 15 is 0 Å². The Hall–Kier alpha value is -2.69. The molecule has 0 aliphatic carbocycles. The van der Waals surface area contributed by atoms with E-state index in [0.29, 0.717) is 11.9 Å². The largest absolute Gasteiger partial charge is 0.744 e. The standard InChI is InChI=1S/C7H6O6S.C6H8N2.H2O/c8-6-2-1-4(14(11,12)13)3-5(6)7(9)10;1-5-2-3-8-6(7)4-5;/h1-3,8H,(H,9,10)(H,11,12,13);2-4H,1H3,(H2,7,8);1H2. The first kappa shape index (κ1) is 20.3. The molecule has 1 aromatic carbocycles. The maximum absolute atomic E-state index is 10.5. The SMILES string of the molecule is Cc1cc[nH+]c(N)c1.O.O=C(O)c1cc(S(=O)(=O)[O-])ccc1O. The number of pyridine rings is 1. The molecule has 2 rings (SSSR count). The first-order valence-corrected chi connectivity index (χ1v) is 7.28. The van der Waals surface area contributed by atoms with E-state index in [1.54, 1.807) is 0 Å². The molecule has 0 saturated heterocycles. The van der Waals surface area contributed by atoms with Crippen molar-refractivity contribution in [2.24, 2.45) is 0 Å². The molecule has 1 heterocycles. The molecule has 126 valence electrons. The number of aromatic carboxylic acids is 1. The average molecular weight is 344 g/mol. The maximum Gasteiger partial charge on any atom is 0.339 e. The van der Waals surface area contributed by atoms with E-state index in [-0.39, 0.29) is 5.48 Å². The van der Waals surface area contributed by atoms with Crippen LogP contribution in [0.4, 0.5) is 5.82 Å². The number of carboxylic acids is 1. The van der Waals surface area contributed by atoms with Crippen molar-refractivity contribution in [1.82, 2.24) is 0 Å². The van der Waals surface area contributed by atoms with E-state index in [0.717, 1.165) is 12.1 Å². The summed E-state index contributed by atoms with van der Waals surface area (Å²) in [5.41, 5.74) is 5.96. The number of nitrogen functional groups attached to an aromatic ring is 1. The summed E-state index contributed by atoms with van der Waals surface area (Å²) >= 11 is 0. The van der Waals surface area contributed by atoms with Crippen molar-refractivity contribution in [2.45, 2.75) is 11.8 Å². The third kappa shape index (κ3) is 6.30. The second-order valence-electron chi connectivity index (χ2n) is 4.26. The molecule has 0 aliphatic heterocycles. The predicted molar refractivity (Wildman–Crippen MR) is 78.8 cm³/mol. The smallest absolute Gasteiger partial charge is 0.339 e. The van der Waals surface area contributed by atoms with Gasteiger partial charge >= 0.3 is 5.97 Å². The Morgan fingerprint density at radius 2 is 1.87 bits per heavy atom. The summed E-state index contributed by atoms with van der Waals surface area (Å²) in [7, 11) is -4.70. The van der Waals surface area contributed by atoms with Crippen LogP contribution in [-0.4, -0.2) is 34.6 Å². The number of benzene rings is 1. The maximum atomic E-state index is 10.5. The van der Waals surface area contributed by atoms with Gasteiger partial charge in [-0.1, -0.05) is 0 Å². The summed E-state index contributed by atoms with van der Waals surface area (Å²) in [4.78, 5) is 12.6. The number of aromatic amines is 1. The summed E-state index contributed by atoms with van der Waals surface area (Å²) < 4.78 is 31.5. The third-order valence-corrected chi connectivity index (χ3v) is 3.30. The second-order valence-corrected chi connectivity index (χ2v) is 5.64. The molecule has 0 unspecified atom stereocenters. The van der Waals surface area contributed by atoms with Crippen molar-refractivity contribution >= 4 is 21.9 Å². The quantitative estimate of drug-likeness (QED) is 0.616. The van der Waals surface area contributed by atoms with E-state index in [4.69, 9.17) is 15.9 Å². The highest BCUT2D eigenvalue weighted by atomic mass is 32.2. The van der Waals surface area contributed by atoms with Crippen LogP contribution < -0.4 is 10.7 Å². The molecule has 9 nitrogen and oxygen atoms in total. The molecule has 0 amide bonds. The lowest BCUT2D eigenvalue weighted by Gasteiger charge is -2.08. The van der Waals surface area contributed by atoms with Gasteiger partial charge in [-0.15, -0.1) is 0 Å². The van der Waals surface area contributed by atoms with Gasteiger partial charge in [-0.25, -0.2) is 18.2 Å². The monoisotopic (exact) mass is 344 g/mol. The molecule has 0 atom stereocenters. The average Bonchev–Trinajstić information content (AvgIpc) is 2.37. The molecule has 7 N–H and O–H groups in total. The van der Waals surface area contributed by atoms with Crippen LogP contribution in [0.15, 0.2) is 41.4 Å². The molecule has 1 aromatic heterocycles. The van der Waals surface area contributed by atoms with Crippen LogP contribution in [0.2, 0.25) is 0 Å². The van der Waals surface area contributed by atoms with E-state index in [1.807, 2.05) is 25.3 Å². The molecule has 0 aliphatic rings. The Morgan fingerprint density at radius 3 is 2.26 bits per heavy atom. The summed E-state index contributed by atoms with van der Waals surface area (Å²) in [6.07, 6.45) is 1.82. The molecular weight excluding hydrogens is 328 g/mol. The highest BCUT2D eigenvalue weighted by Crippen LogP contribution is 2.20. The van der Waals surface area contributed by atoms with Crippen LogP contribution >= 0.6 is 0 Å². The van der Waals surface area contributed by atoms with Gasteiger partial charge in [0.25, 0.3) is 5.82 Å². The Labute approximate surface area is 132 Å². The van der Waals surface area contributed by atoms with Crippen LogP contribution in [0.1, 0.15) is 15.9 Å². The molecular formula is C13H16N2O7S. The first-order chi connectivity index (χ1) is 10.1. The fourth-order valence-electron chi connectivity index (χ4n) is 1.45. The first-order valence-electron chi connectivity index (χ1n) is 5.87. The summed E-state index contributed by atoms with van der Waals surface area (Å²) in [5.74, 6) is -1.39. The number of anilines is 1. The molecule has 2 aromatic rings. The third-order valence-electron chi connectivity index (χ3n) is 2.47. The van der Waals surface area contributed by atoms with Crippen LogP contribution in [0.25, 0.3) is 0 Å². The number of carbonyl (C=O) groups is 1. The summed E-state index contributed by atoms with van der Waals surface area (Å²) in [6, 6.07) is 6.15. The van der Waals surface area contributed by atoms with Gasteiger partial charge in [-0.2, -0.15) is 0 Å².